The van der Waals surface area contributed by atoms with E-state index in [-0.39, 0.29) is 17.3 Å². The molecule has 3 heteroatoms. The van der Waals surface area contributed by atoms with Crippen LogP contribution < -0.4 is 0 Å². The van der Waals surface area contributed by atoms with Crippen molar-refractivity contribution < 1.29 is 15.0 Å². The Kier molecular flexibility index (Phi) is 14.4. The minimum atomic E-state index is -0.124. The summed E-state index contributed by atoms with van der Waals surface area (Å²) >= 11 is 0. The molecule has 0 saturated heterocycles. The molecule has 0 aliphatic rings. The third kappa shape index (κ3) is 12.0. The second-order valence-electron chi connectivity index (χ2n) is 8.18. The van der Waals surface area contributed by atoms with Crippen molar-refractivity contribution >= 4 is 5.78 Å². The normalized spacial score (nSPS) is 11.0. The molecule has 0 amide bonds. The predicted molar refractivity (Wildman–Crippen MR) is 118 cm³/mol. The fourth-order valence-corrected chi connectivity index (χ4v) is 3.72. The second kappa shape index (κ2) is 16.4. The fraction of sp³-hybridized carbons (Fsp3) is 0.720. The lowest BCUT2D eigenvalue weighted by Crippen LogP contribution is -1.99. The number of hydrogen-bond acceptors (Lipinski definition) is 3. The highest BCUT2D eigenvalue weighted by Crippen LogP contribution is 2.24. The van der Waals surface area contributed by atoms with Crippen LogP contribution in [0.5, 0.6) is 11.5 Å². The van der Waals surface area contributed by atoms with Gasteiger partial charge in [-0.05, 0) is 18.6 Å². The highest BCUT2D eigenvalue weighted by atomic mass is 16.3. The SMILES string of the molecule is CCCCCCCCCCCCCCCCCCC(=O)c1ccc(O)cc1O. The number of phenolic OH excluding ortho intramolecular Hbond substituents is 2. The summed E-state index contributed by atoms with van der Waals surface area (Å²) in [6.45, 7) is 2.27. The number of Topliss-reactive ketones (excluding diaryl/α,β-unsaturated/α-hetero) is 1. The van der Waals surface area contributed by atoms with Crippen LogP contribution in [0.2, 0.25) is 0 Å². The maximum absolute atomic E-state index is 12.1. The van der Waals surface area contributed by atoms with Gasteiger partial charge in [-0.2, -0.15) is 0 Å². The Morgan fingerprint density at radius 1 is 0.679 bits per heavy atom. The number of ketones is 1. The van der Waals surface area contributed by atoms with E-state index in [1.165, 1.54) is 108 Å². The van der Waals surface area contributed by atoms with Gasteiger partial charge in [0.15, 0.2) is 5.78 Å². The van der Waals surface area contributed by atoms with Crippen molar-refractivity contribution in [1.82, 2.24) is 0 Å². The minimum Gasteiger partial charge on any atom is -0.508 e. The molecule has 0 radical (unpaired) electrons. The van der Waals surface area contributed by atoms with Gasteiger partial charge in [-0.1, -0.05) is 103 Å². The molecule has 0 fully saturated rings. The lowest BCUT2D eigenvalue weighted by Gasteiger charge is -2.05. The molecule has 1 aromatic rings. The summed E-state index contributed by atoms with van der Waals surface area (Å²) in [7, 11) is 0. The number of hydrogen-bond donors (Lipinski definition) is 2. The van der Waals surface area contributed by atoms with E-state index in [9.17, 15) is 15.0 Å². The highest BCUT2D eigenvalue weighted by Gasteiger charge is 2.11. The van der Waals surface area contributed by atoms with Crippen LogP contribution in [-0.4, -0.2) is 16.0 Å². The third-order valence-electron chi connectivity index (χ3n) is 5.54. The molecule has 0 saturated carbocycles. The Bertz CT molecular complexity index is 525. The second-order valence-corrected chi connectivity index (χ2v) is 8.18. The molecule has 3 nitrogen and oxygen atoms in total. The van der Waals surface area contributed by atoms with Crippen LogP contribution in [0.15, 0.2) is 18.2 Å². The molecule has 1 rings (SSSR count). The van der Waals surface area contributed by atoms with Crippen molar-refractivity contribution in [2.24, 2.45) is 0 Å². The Labute approximate surface area is 172 Å². The average molecular weight is 391 g/mol. The monoisotopic (exact) mass is 390 g/mol. The molecular weight excluding hydrogens is 348 g/mol. The van der Waals surface area contributed by atoms with E-state index in [1.54, 1.807) is 0 Å². The van der Waals surface area contributed by atoms with Gasteiger partial charge in [0.1, 0.15) is 11.5 Å². The topological polar surface area (TPSA) is 57.5 Å². The first-order valence-electron chi connectivity index (χ1n) is 11.7. The van der Waals surface area contributed by atoms with E-state index in [4.69, 9.17) is 0 Å². The number of rotatable bonds is 18. The largest absolute Gasteiger partial charge is 0.508 e. The molecule has 0 aliphatic heterocycles. The molecule has 0 atom stereocenters. The highest BCUT2D eigenvalue weighted by molar-refractivity contribution is 5.98. The van der Waals surface area contributed by atoms with Gasteiger partial charge in [0.2, 0.25) is 0 Å². The lowest BCUT2D eigenvalue weighted by molar-refractivity contribution is 0.0976. The van der Waals surface area contributed by atoms with Crippen LogP contribution in [0.1, 0.15) is 126 Å². The van der Waals surface area contributed by atoms with Crippen LogP contribution in [0, 0.1) is 0 Å². The Morgan fingerprint density at radius 3 is 1.54 bits per heavy atom. The summed E-state index contributed by atoms with van der Waals surface area (Å²) < 4.78 is 0. The van der Waals surface area contributed by atoms with Gasteiger partial charge in [0.05, 0.1) is 5.56 Å². The van der Waals surface area contributed by atoms with E-state index >= 15 is 0 Å². The van der Waals surface area contributed by atoms with Crippen molar-refractivity contribution in [3.8, 4) is 11.5 Å². The van der Waals surface area contributed by atoms with E-state index in [0.29, 0.717) is 12.0 Å². The van der Waals surface area contributed by atoms with E-state index in [0.717, 1.165) is 12.8 Å². The van der Waals surface area contributed by atoms with Gasteiger partial charge in [0, 0.05) is 12.5 Å². The number of benzene rings is 1. The maximum atomic E-state index is 12.1. The lowest BCUT2D eigenvalue weighted by atomic mass is 10.0. The molecule has 1 aromatic carbocycles. The van der Waals surface area contributed by atoms with E-state index in [1.807, 2.05) is 0 Å². The van der Waals surface area contributed by atoms with Crippen molar-refractivity contribution in [2.45, 2.75) is 116 Å². The van der Waals surface area contributed by atoms with Gasteiger partial charge in [-0.15, -0.1) is 0 Å². The zero-order chi connectivity index (χ0) is 20.5. The first-order valence-corrected chi connectivity index (χ1v) is 11.7. The smallest absolute Gasteiger partial charge is 0.166 e. The van der Waals surface area contributed by atoms with Crippen LogP contribution in [-0.2, 0) is 0 Å². The molecule has 0 bridgehead atoms. The van der Waals surface area contributed by atoms with Crippen molar-refractivity contribution in [3.05, 3.63) is 23.8 Å². The van der Waals surface area contributed by atoms with Gasteiger partial charge < -0.3 is 10.2 Å². The van der Waals surface area contributed by atoms with Crippen LogP contribution in [0.4, 0.5) is 0 Å². The quantitative estimate of drug-likeness (QED) is 0.197. The Hall–Kier alpha value is -1.51. The minimum absolute atomic E-state index is 0.0172. The molecule has 2 N–H and O–H groups in total. The average Bonchev–Trinajstić information content (AvgIpc) is 2.67. The predicted octanol–water partition coefficient (Wildman–Crippen LogP) is 7.93. The summed E-state index contributed by atoms with van der Waals surface area (Å²) in [6.07, 6.45) is 21.5. The number of carbonyl (C=O) groups excluding carboxylic acids is 1. The summed E-state index contributed by atoms with van der Waals surface area (Å²) in [5, 5.41) is 19.0. The first kappa shape index (κ1) is 24.5. The summed E-state index contributed by atoms with van der Waals surface area (Å²) in [6, 6.07) is 4.17. The number of aromatic hydroxyl groups is 2. The zero-order valence-corrected chi connectivity index (χ0v) is 18.1. The van der Waals surface area contributed by atoms with Crippen LogP contribution in [0.3, 0.4) is 0 Å². The maximum Gasteiger partial charge on any atom is 0.166 e. The number of phenols is 2. The zero-order valence-electron chi connectivity index (χ0n) is 18.1. The Morgan fingerprint density at radius 2 is 1.11 bits per heavy atom. The van der Waals surface area contributed by atoms with Gasteiger partial charge >= 0.3 is 0 Å². The first-order chi connectivity index (χ1) is 13.6. The molecule has 0 spiro atoms. The van der Waals surface area contributed by atoms with Crippen molar-refractivity contribution in [3.63, 3.8) is 0 Å². The molecule has 0 aliphatic carbocycles. The molecule has 28 heavy (non-hydrogen) atoms. The van der Waals surface area contributed by atoms with Crippen molar-refractivity contribution in [2.75, 3.05) is 0 Å². The van der Waals surface area contributed by atoms with Crippen molar-refractivity contribution in [1.29, 1.82) is 0 Å². The molecular formula is C25H42O3. The molecule has 0 heterocycles. The number of unbranched alkanes of at least 4 members (excludes halogenated alkanes) is 15. The summed E-state index contributed by atoms with van der Waals surface area (Å²) in [4.78, 5) is 12.1. The van der Waals surface area contributed by atoms with E-state index < -0.39 is 0 Å². The fourth-order valence-electron chi connectivity index (χ4n) is 3.72. The van der Waals surface area contributed by atoms with Gasteiger partial charge in [-0.25, -0.2) is 0 Å². The molecule has 0 unspecified atom stereocenters. The van der Waals surface area contributed by atoms with E-state index in [2.05, 4.69) is 6.92 Å². The molecule has 0 aromatic heterocycles. The standard InChI is InChI=1S/C25H42O3/c1-2-3-4-5-6-7-8-9-10-11-12-13-14-15-16-17-18-24(27)23-20-19-22(26)21-25(23)28/h19-21,26,28H,2-18H2,1H3. The summed E-state index contributed by atoms with van der Waals surface area (Å²) in [5.41, 5.74) is 0.318. The van der Waals surface area contributed by atoms with Gasteiger partial charge in [-0.3, -0.25) is 4.79 Å². The van der Waals surface area contributed by atoms with Gasteiger partial charge in [0.25, 0.3) is 0 Å². The number of carbonyl (C=O) groups is 1. The van der Waals surface area contributed by atoms with Crippen LogP contribution >= 0.6 is 0 Å². The van der Waals surface area contributed by atoms with Crippen LogP contribution in [0.25, 0.3) is 0 Å². The Balaban J connectivity index is 1.86. The molecule has 160 valence electrons. The summed E-state index contributed by atoms with van der Waals surface area (Å²) in [5.74, 6) is -0.180. The third-order valence-corrected chi connectivity index (χ3v) is 5.54.